The molecule has 0 aliphatic rings. The topological polar surface area (TPSA) is 64.4 Å². The van der Waals surface area contributed by atoms with Crippen LogP contribution in [0, 0.1) is 13.8 Å². The Morgan fingerprint density at radius 3 is 2.48 bits per heavy atom. The van der Waals surface area contributed by atoms with Gasteiger partial charge in [0.05, 0.1) is 29.5 Å². The molecular formula is C15H20BrN3O3S. The SMILES string of the molecule is COc1ccc(Cn2nc(C)c(S(=O)(=O)N(C)C)c2C)cc1Br. The van der Waals surface area contributed by atoms with Crippen LogP contribution >= 0.6 is 15.9 Å². The number of hydrogen-bond donors (Lipinski definition) is 0. The van der Waals surface area contributed by atoms with E-state index in [0.29, 0.717) is 17.9 Å². The summed E-state index contributed by atoms with van der Waals surface area (Å²) in [5.74, 6) is 0.748. The van der Waals surface area contributed by atoms with E-state index in [9.17, 15) is 8.42 Å². The zero-order chi connectivity index (χ0) is 17.4. The lowest BCUT2D eigenvalue weighted by Gasteiger charge is -2.12. The summed E-state index contributed by atoms with van der Waals surface area (Å²) < 4.78 is 33.8. The minimum absolute atomic E-state index is 0.273. The van der Waals surface area contributed by atoms with Gasteiger partial charge in [-0.15, -0.1) is 0 Å². The predicted molar refractivity (Wildman–Crippen MR) is 92.4 cm³/mol. The molecule has 0 aliphatic heterocycles. The number of rotatable bonds is 5. The summed E-state index contributed by atoms with van der Waals surface area (Å²) >= 11 is 3.45. The minimum Gasteiger partial charge on any atom is -0.496 e. The van der Waals surface area contributed by atoms with Crippen molar-refractivity contribution in [2.24, 2.45) is 0 Å². The van der Waals surface area contributed by atoms with Crippen molar-refractivity contribution in [2.45, 2.75) is 25.3 Å². The van der Waals surface area contributed by atoms with Crippen LogP contribution in [0.2, 0.25) is 0 Å². The van der Waals surface area contributed by atoms with Gasteiger partial charge in [-0.25, -0.2) is 12.7 Å². The number of sulfonamides is 1. The highest BCUT2D eigenvalue weighted by atomic mass is 79.9. The van der Waals surface area contributed by atoms with Gasteiger partial charge in [-0.3, -0.25) is 4.68 Å². The molecule has 0 saturated heterocycles. The molecule has 0 fully saturated rings. The Kier molecular flexibility index (Phi) is 5.17. The molecule has 0 radical (unpaired) electrons. The van der Waals surface area contributed by atoms with E-state index < -0.39 is 10.0 Å². The Bertz CT molecular complexity index is 829. The van der Waals surface area contributed by atoms with Crippen molar-refractivity contribution in [3.8, 4) is 5.75 Å². The van der Waals surface area contributed by atoms with E-state index in [1.807, 2.05) is 18.2 Å². The van der Waals surface area contributed by atoms with E-state index in [1.54, 1.807) is 25.6 Å². The third-order valence-electron chi connectivity index (χ3n) is 3.60. The van der Waals surface area contributed by atoms with Gasteiger partial charge < -0.3 is 4.74 Å². The maximum Gasteiger partial charge on any atom is 0.246 e. The lowest BCUT2D eigenvalue weighted by atomic mass is 10.2. The third kappa shape index (κ3) is 3.44. The van der Waals surface area contributed by atoms with Crippen LogP contribution in [0.3, 0.4) is 0 Å². The molecule has 0 unspecified atom stereocenters. The monoisotopic (exact) mass is 401 g/mol. The molecule has 0 atom stereocenters. The van der Waals surface area contributed by atoms with Crippen LogP contribution in [0.15, 0.2) is 27.6 Å². The molecule has 126 valence electrons. The maximum absolute atomic E-state index is 12.4. The average Bonchev–Trinajstić information content (AvgIpc) is 2.73. The summed E-state index contributed by atoms with van der Waals surface area (Å²) in [6.07, 6.45) is 0. The van der Waals surface area contributed by atoms with Gasteiger partial charge in [0.25, 0.3) is 0 Å². The Hall–Kier alpha value is -1.38. The second kappa shape index (κ2) is 6.62. The van der Waals surface area contributed by atoms with Crippen molar-refractivity contribution in [2.75, 3.05) is 21.2 Å². The van der Waals surface area contributed by atoms with Crippen molar-refractivity contribution < 1.29 is 13.2 Å². The van der Waals surface area contributed by atoms with Crippen molar-refractivity contribution in [3.05, 3.63) is 39.6 Å². The molecule has 23 heavy (non-hydrogen) atoms. The quantitative estimate of drug-likeness (QED) is 0.771. The normalized spacial score (nSPS) is 12.0. The zero-order valence-electron chi connectivity index (χ0n) is 13.8. The van der Waals surface area contributed by atoms with Crippen molar-refractivity contribution in [1.29, 1.82) is 0 Å². The standard InChI is InChI=1S/C15H20BrN3O3S/c1-10-15(23(20,21)18(3)4)11(2)19(17-10)9-12-6-7-14(22-5)13(16)8-12/h6-8H,9H2,1-5H3. The van der Waals surface area contributed by atoms with Crippen molar-refractivity contribution in [3.63, 3.8) is 0 Å². The zero-order valence-corrected chi connectivity index (χ0v) is 16.2. The number of ether oxygens (including phenoxy) is 1. The highest BCUT2D eigenvalue weighted by molar-refractivity contribution is 9.10. The molecule has 0 saturated carbocycles. The molecule has 0 amide bonds. The third-order valence-corrected chi connectivity index (χ3v) is 6.29. The van der Waals surface area contributed by atoms with Crippen molar-refractivity contribution >= 4 is 26.0 Å². The molecule has 1 aromatic heterocycles. The average molecular weight is 402 g/mol. The van der Waals surface area contributed by atoms with E-state index in [-0.39, 0.29) is 4.90 Å². The summed E-state index contributed by atoms with van der Waals surface area (Å²) in [7, 11) is 1.14. The molecule has 0 N–H and O–H groups in total. The Morgan fingerprint density at radius 2 is 1.96 bits per heavy atom. The van der Waals surface area contributed by atoms with Gasteiger partial charge in [-0.05, 0) is 47.5 Å². The highest BCUT2D eigenvalue weighted by Gasteiger charge is 2.26. The summed E-state index contributed by atoms with van der Waals surface area (Å²) in [6.45, 7) is 3.97. The fraction of sp³-hybridized carbons (Fsp3) is 0.400. The van der Waals surface area contributed by atoms with E-state index in [1.165, 1.54) is 18.4 Å². The molecule has 1 heterocycles. The number of hydrogen-bond acceptors (Lipinski definition) is 4. The first kappa shape index (κ1) is 18.0. The predicted octanol–water partition coefficient (Wildman–Crippen LogP) is 2.57. The fourth-order valence-corrected chi connectivity index (χ4v) is 4.22. The maximum atomic E-state index is 12.4. The summed E-state index contributed by atoms with van der Waals surface area (Å²) in [5, 5.41) is 4.39. The van der Waals surface area contributed by atoms with Crippen LogP contribution in [0.4, 0.5) is 0 Å². The van der Waals surface area contributed by atoms with Crippen molar-refractivity contribution in [1.82, 2.24) is 14.1 Å². The Morgan fingerprint density at radius 1 is 1.30 bits per heavy atom. The Labute approximate surface area is 145 Å². The van der Waals surface area contributed by atoms with Gasteiger partial charge >= 0.3 is 0 Å². The Balaban J connectivity index is 2.42. The first-order valence-electron chi connectivity index (χ1n) is 6.97. The van der Waals surface area contributed by atoms with Gasteiger partial charge in [-0.2, -0.15) is 5.10 Å². The van der Waals surface area contributed by atoms with Crippen LogP contribution in [-0.2, 0) is 16.6 Å². The van der Waals surface area contributed by atoms with Gasteiger partial charge in [0, 0.05) is 14.1 Å². The largest absolute Gasteiger partial charge is 0.496 e. The molecule has 2 rings (SSSR count). The van der Waals surface area contributed by atoms with Crippen LogP contribution in [-0.4, -0.2) is 43.7 Å². The molecule has 0 bridgehead atoms. The summed E-state index contributed by atoms with van der Waals surface area (Å²) in [5.41, 5.74) is 2.13. The number of aryl methyl sites for hydroxylation is 1. The van der Waals surface area contributed by atoms with E-state index >= 15 is 0 Å². The van der Waals surface area contributed by atoms with Gasteiger partial charge in [0.1, 0.15) is 10.6 Å². The van der Waals surface area contributed by atoms with E-state index in [0.717, 1.165) is 15.8 Å². The van der Waals surface area contributed by atoms with E-state index in [4.69, 9.17) is 4.74 Å². The molecule has 8 heteroatoms. The summed E-state index contributed by atoms with van der Waals surface area (Å²) in [4.78, 5) is 0.273. The number of benzene rings is 1. The lowest BCUT2D eigenvalue weighted by Crippen LogP contribution is -2.23. The molecule has 0 aliphatic carbocycles. The highest BCUT2D eigenvalue weighted by Crippen LogP contribution is 2.27. The number of methoxy groups -OCH3 is 1. The minimum atomic E-state index is -3.51. The van der Waals surface area contributed by atoms with Crippen LogP contribution in [0.25, 0.3) is 0 Å². The first-order chi connectivity index (χ1) is 10.7. The van der Waals surface area contributed by atoms with Crippen LogP contribution < -0.4 is 4.74 Å². The molecular weight excluding hydrogens is 382 g/mol. The van der Waals surface area contributed by atoms with Gasteiger partial charge in [0.2, 0.25) is 10.0 Å². The van der Waals surface area contributed by atoms with Gasteiger partial charge in [0.15, 0.2) is 0 Å². The second-order valence-corrected chi connectivity index (χ2v) is 8.36. The van der Waals surface area contributed by atoms with Crippen LogP contribution in [0.1, 0.15) is 17.0 Å². The molecule has 0 spiro atoms. The number of halogens is 1. The second-order valence-electron chi connectivity index (χ2n) is 5.41. The fourth-order valence-electron chi connectivity index (χ4n) is 2.37. The molecule has 6 nitrogen and oxygen atoms in total. The van der Waals surface area contributed by atoms with Gasteiger partial charge in [-0.1, -0.05) is 6.07 Å². The summed E-state index contributed by atoms with van der Waals surface area (Å²) in [6, 6.07) is 5.73. The van der Waals surface area contributed by atoms with Crippen LogP contribution in [0.5, 0.6) is 5.75 Å². The lowest BCUT2D eigenvalue weighted by molar-refractivity contribution is 0.412. The first-order valence-corrected chi connectivity index (χ1v) is 9.20. The van der Waals surface area contributed by atoms with E-state index in [2.05, 4.69) is 21.0 Å². The number of aromatic nitrogens is 2. The molecule has 1 aromatic carbocycles. The smallest absolute Gasteiger partial charge is 0.246 e. The molecule has 2 aromatic rings. The number of nitrogens with zero attached hydrogens (tertiary/aromatic N) is 3.